The molecule has 0 aromatic heterocycles. The Bertz CT molecular complexity index is 587. The Hall–Kier alpha value is -2.47. The van der Waals surface area contributed by atoms with Crippen LogP contribution in [-0.4, -0.2) is 6.61 Å². The van der Waals surface area contributed by atoms with Gasteiger partial charge in [0.05, 0.1) is 18.2 Å². The van der Waals surface area contributed by atoms with Crippen LogP contribution in [0.3, 0.4) is 0 Å². The van der Waals surface area contributed by atoms with Crippen molar-refractivity contribution < 1.29 is 9.47 Å². The number of ether oxygens (including phenoxy) is 2. The van der Waals surface area contributed by atoms with Crippen LogP contribution in [0.2, 0.25) is 0 Å². The summed E-state index contributed by atoms with van der Waals surface area (Å²) < 4.78 is 11.1. The summed E-state index contributed by atoms with van der Waals surface area (Å²) in [7, 11) is 0. The molecule has 2 rings (SSSR count). The molecule has 0 unspecified atom stereocenters. The first-order valence-electron chi connectivity index (χ1n) is 6.17. The van der Waals surface area contributed by atoms with Crippen molar-refractivity contribution in [3.63, 3.8) is 0 Å². The molecule has 2 aromatic carbocycles. The Labute approximate surface area is 113 Å². The lowest BCUT2D eigenvalue weighted by Crippen LogP contribution is -1.98. The molecule has 3 nitrogen and oxygen atoms in total. The summed E-state index contributed by atoms with van der Waals surface area (Å²) in [6.45, 7) is 2.94. The van der Waals surface area contributed by atoms with E-state index < -0.39 is 0 Å². The van der Waals surface area contributed by atoms with Crippen molar-refractivity contribution in [3.05, 3.63) is 59.7 Å². The molecule has 0 spiro atoms. The lowest BCUT2D eigenvalue weighted by atomic mass is 10.1. The molecule has 0 saturated heterocycles. The van der Waals surface area contributed by atoms with E-state index in [-0.39, 0.29) is 0 Å². The zero-order valence-corrected chi connectivity index (χ0v) is 10.8. The van der Waals surface area contributed by atoms with Gasteiger partial charge in [-0.1, -0.05) is 24.3 Å². The minimum Gasteiger partial charge on any atom is -0.494 e. The predicted octanol–water partition coefficient (Wildman–Crippen LogP) is 3.54. The topological polar surface area (TPSA) is 42.2 Å². The van der Waals surface area contributed by atoms with Crippen LogP contribution >= 0.6 is 0 Å². The first-order valence-corrected chi connectivity index (χ1v) is 6.17. The standard InChI is InChI=1S/C16H15NO2/c1-2-18-15-8-5-9-16(10-15)19-12-14-7-4-3-6-13(14)11-17/h3-10H,2,12H2,1H3. The number of hydrogen-bond donors (Lipinski definition) is 0. The van der Waals surface area contributed by atoms with Gasteiger partial charge in [-0.25, -0.2) is 0 Å². The molecule has 19 heavy (non-hydrogen) atoms. The van der Waals surface area contributed by atoms with E-state index in [4.69, 9.17) is 14.7 Å². The molecule has 2 aromatic rings. The molecule has 96 valence electrons. The summed E-state index contributed by atoms with van der Waals surface area (Å²) in [5.41, 5.74) is 1.52. The van der Waals surface area contributed by atoms with Gasteiger partial charge in [0.2, 0.25) is 0 Å². The number of rotatable bonds is 5. The third kappa shape index (κ3) is 3.49. The van der Waals surface area contributed by atoms with Crippen molar-refractivity contribution in [2.75, 3.05) is 6.61 Å². The van der Waals surface area contributed by atoms with Crippen LogP contribution in [0.5, 0.6) is 11.5 Å². The number of benzene rings is 2. The van der Waals surface area contributed by atoms with Crippen LogP contribution in [0.25, 0.3) is 0 Å². The average Bonchev–Trinajstić information content (AvgIpc) is 2.46. The van der Waals surface area contributed by atoms with Crippen molar-refractivity contribution in [2.24, 2.45) is 0 Å². The fourth-order valence-electron chi connectivity index (χ4n) is 1.74. The van der Waals surface area contributed by atoms with Crippen LogP contribution in [-0.2, 0) is 6.61 Å². The first kappa shape index (κ1) is 13.0. The Kier molecular flexibility index (Phi) is 4.41. The number of nitrogens with zero attached hydrogens (tertiary/aromatic N) is 1. The highest BCUT2D eigenvalue weighted by Crippen LogP contribution is 2.21. The first-order chi connectivity index (χ1) is 9.33. The molecular formula is C16H15NO2. The van der Waals surface area contributed by atoms with E-state index in [1.54, 1.807) is 6.07 Å². The molecule has 0 N–H and O–H groups in total. The Morgan fingerprint density at radius 2 is 1.74 bits per heavy atom. The van der Waals surface area contributed by atoms with E-state index in [1.807, 2.05) is 49.4 Å². The monoisotopic (exact) mass is 253 g/mol. The highest BCUT2D eigenvalue weighted by atomic mass is 16.5. The SMILES string of the molecule is CCOc1cccc(OCc2ccccc2C#N)c1. The van der Waals surface area contributed by atoms with Gasteiger partial charge in [0.25, 0.3) is 0 Å². The van der Waals surface area contributed by atoms with E-state index in [1.165, 1.54) is 0 Å². The molecule has 0 heterocycles. The van der Waals surface area contributed by atoms with Crippen LogP contribution in [0.4, 0.5) is 0 Å². The maximum absolute atomic E-state index is 9.00. The van der Waals surface area contributed by atoms with Gasteiger partial charge in [-0.15, -0.1) is 0 Å². The number of hydrogen-bond acceptors (Lipinski definition) is 3. The maximum atomic E-state index is 9.00. The third-order valence-electron chi connectivity index (χ3n) is 2.65. The van der Waals surface area contributed by atoms with Gasteiger partial charge in [-0.05, 0) is 25.1 Å². The summed E-state index contributed by atoms with van der Waals surface area (Å²) in [6, 6.07) is 17.1. The molecule has 0 fully saturated rings. The van der Waals surface area contributed by atoms with Crippen molar-refractivity contribution in [3.8, 4) is 17.6 Å². The second-order valence-electron chi connectivity index (χ2n) is 3.97. The Morgan fingerprint density at radius 3 is 2.47 bits per heavy atom. The van der Waals surface area contributed by atoms with Gasteiger partial charge in [0.15, 0.2) is 0 Å². The second-order valence-corrected chi connectivity index (χ2v) is 3.97. The van der Waals surface area contributed by atoms with Gasteiger partial charge in [-0.3, -0.25) is 0 Å². The average molecular weight is 253 g/mol. The van der Waals surface area contributed by atoms with E-state index >= 15 is 0 Å². The molecule has 0 amide bonds. The van der Waals surface area contributed by atoms with Crippen LogP contribution in [0.1, 0.15) is 18.1 Å². The summed E-state index contributed by atoms with van der Waals surface area (Å²) in [4.78, 5) is 0. The summed E-state index contributed by atoms with van der Waals surface area (Å²) in [5.74, 6) is 1.52. The summed E-state index contributed by atoms with van der Waals surface area (Å²) >= 11 is 0. The fourth-order valence-corrected chi connectivity index (χ4v) is 1.74. The molecule has 0 aliphatic carbocycles. The van der Waals surface area contributed by atoms with Crippen molar-refractivity contribution in [1.82, 2.24) is 0 Å². The van der Waals surface area contributed by atoms with Gasteiger partial charge < -0.3 is 9.47 Å². The van der Waals surface area contributed by atoms with Crippen molar-refractivity contribution in [2.45, 2.75) is 13.5 Å². The minimum absolute atomic E-state index is 0.374. The minimum atomic E-state index is 0.374. The lowest BCUT2D eigenvalue weighted by molar-refractivity contribution is 0.299. The molecular weight excluding hydrogens is 238 g/mol. The fraction of sp³-hybridized carbons (Fsp3) is 0.188. The smallest absolute Gasteiger partial charge is 0.123 e. The van der Waals surface area contributed by atoms with E-state index in [9.17, 15) is 0 Å². The van der Waals surface area contributed by atoms with Crippen LogP contribution in [0, 0.1) is 11.3 Å². The number of nitriles is 1. The van der Waals surface area contributed by atoms with Gasteiger partial charge in [0, 0.05) is 11.6 Å². The lowest BCUT2D eigenvalue weighted by Gasteiger charge is -2.09. The van der Waals surface area contributed by atoms with E-state index in [0.29, 0.717) is 18.8 Å². The largest absolute Gasteiger partial charge is 0.494 e. The second kappa shape index (κ2) is 6.46. The predicted molar refractivity (Wildman–Crippen MR) is 73.1 cm³/mol. The van der Waals surface area contributed by atoms with Crippen molar-refractivity contribution >= 4 is 0 Å². The van der Waals surface area contributed by atoms with Gasteiger partial charge in [-0.2, -0.15) is 5.26 Å². The Morgan fingerprint density at radius 1 is 1.00 bits per heavy atom. The van der Waals surface area contributed by atoms with Gasteiger partial charge >= 0.3 is 0 Å². The molecule has 0 radical (unpaired) electrons. The third-order valence-corrected chi connectivity index (χ3v) is 2.65. The highest BCUT2D eigenvalue weighted by molar-refractivity contribution is 5.38. The summed E-state index contributed by atoms with van der Waals surface area (Å²) in [5, 5.41) is 9.00. The quantitative estimate of drug-likeness (QED) is 0.818. The zero-order valence-electron chi connectivity index (χ0n) is 10.8. The molecule has 0 atom stereocenters. The Balaban J connectivity index is 2.06. The van der Waals surface area contributed by atoms with Crippen LogP contribution < -0.4 is 9.47 Å². The molecule has 0 aliphatic rings. The van der Waals surface area contributed by atoms with E-state index in [2.05, 4.69) is 6.07 Å². The molecule has 0 saturated carbocycles. The maximum Gasteiger partial charge on any atom is 0.123 e. The zero-order chi connectivity index (χ0) is 13.5. The summed E-state index contributed by atoms with van der Waals surface area (Å²) in [6.07, 6.45) is 0. The van der Waals surface area contributed by atoms with Crippen LogP contribution in [0.15, 0.2) is 48.5 Å². The highest BCUT2D eigenvalue weighted by Gasteiger charge is 2.02. The van der Waals surface area contributed by atoms with E-state index in [0.717, 1.165) is 17.1 Å². The molecule has 0 aliphatic heterocycles. The van der Waals surface area contributed by atoms with Crippen molar-refractivity contribution in [1.29, 1.82) is 5.26 Å². The molecule has 3 heteroatoms. The molecule has 0 bridgehead atoms. The normalized spacial score (nSPS) is 9.68. The van der Waals surface area contributed by atoms with Gasteiger partial charge in [0.1, 0.15) is 18.1 Å².